The quantitative estimate of drug-likeness (QED) is 0.203. The Morgan fingerprint density at radius 3 is 2.52 bits per heavy atom. The summed E-state index contributed by atoms with van der Waals surface area (Å²) in [6.07, 6.45) is 1.02. The van der Waals surface area contributed by atoms with Crippen molar-refractivity contribution in [3.63, 3.8) is 0 Å². The number of hydrogen-bond donors (Lipinski definition) is 3. The molecule has 0 saturated carbocycles. The summed E-state index contributed by atoms with van der Waals surface area (Å²) in [6, 6.07) is 11.2. The van der Waals surface area contributed by atoms with Gasteiger partial charge in [-0.05, 0) is 46.7 Å². The number of hydrogen-bond acceptors (Lipinski definition) is 4. The molecule has 1 fully saturated rings. The summed E-state index contributed by atoms with van der Waals surface area (Å²) >= 11 is 0. The van der Waals surface area contributed by atoms with Crippen molar-refractivity contribution in [2.45, 2.75) is 45.7 Å². The molecule has 0 aromatic heterocycles. The van der Waals surface area contributed by atoms with Gasteiger partial charge in [0.25, 0.3) is 0 Å². The Labute approximate surface area is 205 Å². The molecule has 1 heterocycles. The lowest BCUT2D eigenvalue weighted by Gasteiger charge is -2.40. The number of carbonyl (C=O) groups is 1. The largest absolute Gasteiger partial charge is 0.357 e. The Morgan fingerprint density at radius 1 is 1.16 bits per heavy atom. The molecule has 0 radical (unpaired) electrons. The number of nitrogens with zero attached hydrogens (tertiary/aromatic N) is 3. The van der Waals surface area contributed by atoms with Crippen LogP contribution in [0.1, 0.15) is 45.7 Å². The molecule has 1 amide bonds. The van der Waals surface area contributed by atoms with Gasteiger partial charge in [0.15, 0.2) is 5.96 Å². The Kier molecular flexibility index (Phi) is 12.4. The van der Waals surface area contributed by atoms with Crippen molar-refractivity contribution in [3.8, 4) is 0 Å². The molecule has 1 aliphatic heterocycles. The van der Waals surface area contributed by atoms with Crippen LogP contribution in [0.5, 0.6) is 0 Å². The van der Waals surface area contributed by atoms with Crippen LogP contribution in [0.4, 0.5) is 0 Å². The van der Waals surface area contributed by atoms with E-state index >= 15 is 0 Å². The second-order valence-electron chi connectivity index (χ2n) is 9.00. The monoisotopic (exact) mass is 544 g/mol. The van der Waals surface area contributed by atoms with E-state index in [1.165, 1.54) is 5.56 Å². The van der Waals surface area contributed by atoms with Crippen LogP contribution in [0.3, 0.4) is 0 Å². The van der Waals surface area contributed by atoms with E-state index in [0.717, 1.165) is 45.7 Å². The molecule has 1 aromatic carbocycles. The molecule has 0 bridgehead atoms. The third-order valence-electron chi connectivity index (χ3n) is 5.03. The fourth-order valence-corrected chi connectivity index (χ4v) is 3.66. The zero-order valence-electron chi connectivity index (χ0n) is 19.8. The maximum absolute atomic E-state index is 12.0. The SMILES string of the molecule is CCNC(=NCC(=O)NC(C)(C)C)NCCCN1CCN(C)CC1c1ccccc1.I. The summed E-state index contributed by atoms with van der Waals surface area (Å²) in [6.45, 7) is 13.9. The molecule has 0 spiro atoms. The number of halogens is 1. The van der Waals surface area contributed by atoms with Crippen LogP contribution in [0.2, 0.25) is 0 Å². The summed E-state index contributed by atoms with van der Waals surface area (Å²) in [5, 5.41) is 9.52. The number of likely N-dealkylation sites (N-methyl/N-ethyl adjacent to an activating group) is 1. The zero-order chi connectivity index (χ0) is 22.0. The maximum atomic E-state index is 12.0. The summed E-state index contributed by atoms with van der Waals surface area (Å²) in [5.41, 5.74) is 1.15. The van der Waals surface area contributed by atoms with Gasteiger partial charge in [-0.2, -0.15) is 0 Å². The van der Waals surface area contributed by atoms with E-state index < -0.39 is 0 Å². The molecular formula is C23H41IN6O. The topological polar surface area (TPSA) is 72.0 Å². The second kappa shape index (κ2) is 13.9. The molecule has 2 rings (SSSR count). The van der Waals surface area contributed by atoms with Crippen LogP contribution in [0, 0.1) is 0 Å². The first kappa shape index (κ1) is 27.6. The van der Waals surface area contributed by atoms with E-state index in [1.807, 2.05) is 27.7 Å². The van der Waals surface area contributed by atoms with Crippen LogP contribution >= 0.6 is 24.0 Å². The van der Waals surface area contributed by atoms with Gasteiger partial charge in [-0.1, -0.05) is 30.3 Å². The predicted octanol–water partition coefficient (Wildman–Crippen LogP) is 2.45. The lowest BCUT2D eigenvalue weighted by atomic mass is 10.0. The maximum Gasteiger partial charge on any atom is 0.242 e. The zero-order valence-corrected chi connectivity index (χ0v) is 22.1. The normalized spacial score (nSPS) is 18.2. The number of nitrogens with one attached hydrogen (secondary N) is 3. The number of rotatable bonds is 8. The van der Waals surface area contributed by atoms with Crippen molar-refractivity contribution in [2.75, 3.05) is 52.9 Å². The third-order valence-corrected chi connectivity index (χ3v) is 5.03. The molecule has 176 valence electrons. The van der Waals surface area contributed by atoms with Gasteiger partial charge < -0.3 is 20.9 Å². The Balaban J connectivity index is 0.00000480. The summed E-state index contributed by atoms with van der Waals surface area (Å²) in [5.74, 6) is 0.627. The van der Waals surface area contributed by atoms with Crippen molar-refractivity contribution in [1.82, 2.24) is 25.8 Å². The molecule has 1 unspecified atom stereocenters. The molecule has 8 heteroatoms. The second-order valence-corrected chi connectivity index (χ2v) is 9.00. The summed E-state index contributed by atoms with van der Waals surface area (Å²) in [7, 11) is 2.20. The van der Waals surface area contributed by atoms with Gasteiger partial charge in [0.05, 0.1) is 0 Å². The van der Waals surface area contributed by atoms with Crippen molar-refractivity contribution in [2.24, 2.45) is 4.99 Å². The third kappa shape index (κ3) is 10.7. The number of aliphatic imine (C=N–C) groups is 1. The fourth-order valence-electron chi connectivity index (χ4n) is 3.66. The highest BCUT2D eigenvalue weighted by molar-refractivity contribution is 14.0. The number of guanidine groups is 1. The van der Waals surface area contributed by atoms with E-state index in [-0.39, 0.29) is 42.0 Å². The van der Waals surface area contributed by atoms with Crippen LogP contribution in [0.15, 0.2) is 35.3 Å². The lowest BCUT2D eigenvalue weighted by molar-refractivity contribution is -0.121. The van der Waals surface area contributed by atoms with Gasteiger partial charge >= 0.3 is 0 Å². The van der Waals surface area contributed by atoms with Gasteiger partial charge in [0.1, 0.15) is 6.54 Å². The van der Waals surface area contributed by atoms with E-state index in [1.54, 1.807) is 0 Å². The lowest BCUT2D eigenvalue weighted by Crippen LogP contribution is -2.47. The molecule has 1 atom stereocenters. The van der Waals surface area contributed by atoms with Crippen molar-refractivity contribution >= 4 is 35.8 Å². The Morgan fingerprint density at radius 2 is 1.87 bits per heavy atom. The average molecular weight is 545 g/mol. The van der Waals surface area contributed by atoms with Gasteiger partial charge in [-0.25, -0.2) is 4.99 Å². The Hall–Kier alpha value is -1.39. The predicted molar refractivity (Wildman–Crippen MR) is 140 cm³/mol. The van der Waals surface area contributed by atoms with Crippen LogP contribution in [-0.4, -0.2) is 80.1 Å². The first-order valence-corrected chi connectivity index (χ1v) is 11.1. The number of carbonyl (C=O) groups excluding carboxylic acids is 1. The molecular weight excluding hydrogens is 503 g/mol. The van der Waals surface area contributed by atoms with E-state index in [9.17, 15) is 4.79 Å². The van der Waals surface area contributed by atoms with Crippen molar-refractivity contribution in [1.29, 1.82) is 0 Å². The minimum Gasteiger partial charge on any atom is -0.357 e. The fraction of sp³-hybridized carbons (Fsp3) is 0.652. The molecule has 31 heavy (non-hydrogen) atoms. The highest BCUT2D eigenvalue weighted by atomic mass is 127. The minimum absolute atomic E-state index is 0. The van der Waals surface area contributed by atoms with E-state index in [4.69, 9.17) is 0 Å². The van der Waals surface area contributed by atoms with Crippen molar-refractivity contribution in [3.05, 3.63) is 35.9 Å². The standard InChI is InChI=1S/C23H40N6O.HI/c1-6-24-22(26-17-21(30)27-23(2,3)4)25-13-10-14-29-16-15-28(5)18-20(29)19-11-8-7-9-12-19;/h7-9,11-12,20H,6,10,13-18H2,1-5H3,(H,27,30)(H2,24,25,26);1H. The molecule has 7 nitrogen and oxygen atoms in total. The summed E-state index contributed by atoms with van der Waals surface area (Å²) in [4.78, 5) is 21.4. The number of benzene rings is 1. The van der Waals surface area contributed by atoms with E-state index in [2.05, 4.69) is 68.1 Å². The molecule has 1 saturated heterocycles. The smallest absolute Gasteiger partial charge is 0.242 e. The van der Waals surface area contributed by atoms with Crippen LogP contribution < -0.4 is 16.0 Å². The number of piperazine rings is 1. The molecule has 3 N–H and O–H groups in total. The van der Waals surface area contributed by atoms with E-state index in [0.29, 0.717) is 12.0 Å². The van der Waals surface area contributed by atoms with Gasteiger partial charge in [-0.15, -0.1) is 24.0 Å². The average Bonchev–Trinajstić information content (AvgIpc) is 2.69. The molecule has 0 aliphatic carbocycles. The highest BCUT2D eigenvalue weighted by Crippen LogP contribution is 2.24. The first-order valence-electron chi connectivity index (χ1n) is 11.1. The minimum atomic E-state index is -0.240. The highest BCUT2D eigenvalue weighted by Gasteiger charge is 2.25. The van der Waals surface area contributed by atoms with Crippen molar-refractivity contribution < 1.29 is 4.79 Å². The Bertz CT molecular complexity index is 676. The summed E-state index contributed by atoms with van der Waals surface area (Å²) < 4.78 is 0. The van der Waals surface area contributed by atoms with Crippen LogP contribution in [-0.2, 0) is 4.79 Å². The van der Waals surface area contributed by atoms with Gasteiger partial charge in [0, 0.05) is 50.8 Å². The molecule has 1 aromatic rings. The van der Waals surface area contributed by atoms with Crippen LogP contribution in [0.25, 0.3) is 0 Å². The van der Waals surface area contributed by atoms with Gasteiger partial charge in [-0.3, -0.25) is 9.69 Å². The van der Waals surface area contributed by atoms with Gasteiger partial charge in [0.2, 0.25) is 5.91 Å². The first-order chi connectivity index (χ1) is 14.3. The molecule has 1 aliphatic rings. The number of amides is 1.